The minimum absolute atomic E-state index is 0.644. The van der Waals surface area contributed by atoms with Crippen LogP contribution in [-0.2, 0) is 4.79 Å². The standard InChI is InChI=1S/C11H11NO/c1-8-4-3-5-10-9(8)6-11(2,7-13)12-10/h3-7H,1-2H3. The Morgan fingerprint density at radius 1 is 1.46 bits per heavy atom. The van der Waals surface area contributed by atoms with E-state index in [0.29, 0.717) is 0 Å². The number of rotatable bonds is 1. The van der Waals surface area contributed by atoms with E-state index in [9.17, 15) is 4.79 Å². The molecule has 0 aromatic heterocycles. The topological polar surface area (TPSA) is 29.4 Å². The zero-order valence-corrected chi connectivity index (χ0v) is 7.74. The Labute approximate surface area is 76.6 Å². The van der Waals surface area contributed by atoms with Crippen molar-refractivity contribution < 1.29 is 4.79 Å². The fourth-order valence-corrected chi connectivity index (χ4v) is 1.59. The molecule has 0 radical (unpaired) electrons. The lowest BCUT2D eigenvalue weighted by atomic mass is 10.1. The monoisotopic (exact) mass is 173 g/mol. The molecule has 0 saturated heterocycles. The number of aryl methyl sites for hydroxylation is 1. The van der Waals surface area contributed by atoms with Gasteiger partial charge < -0.3 is 4.79 Å². The van der Waals surface area contributed by atoms with Gasteiger partial charge in [0.2, 0.25) is 0 Å². The molecule has 1 aromatic rings. The second-order valence-electron chi connectivity index (χ2n) is 3.61. The summed E-state index contributed by atoms with van der Waals surface area (Å²) in [5, 5.41) is 2.02. The summed E-state index contributed by atoms with van der Waals surface area (Å²) in [6.07, 6.45) is 2.80. The molecular formula is C11H11NO. The van der Waals surface area contributed by atoms with Crippen LogP contribution in [0.5, 0.6) is 0 Å². The number of carbonyl (C=O) groups is 1. The molecule has 2 nitrogen and oxygen atoms in total. The van der Waals surface area contributed by atoms with E-state index in [1.807, 2.05) is 38.1 Å². The highest BCUT2D eigenvalue weighted by molar-refractivity contribution is 5.76. The van der Waals surface area contributed by atoms with Crippen molar-refractivity contribution in [1.29, 1.82) is 0 Å². The fourth-order valence-electron chi connectivity index (χ4n) is 1.59. The fraction of sp³-hybridized carbons (Fsp3) is 0.273. The van der Waals surface area contributed by atoms with Crippen LogP contribution in [0.3, 0.4) is 0 Å². The van der Waals surface area contributed by atoms with Gasteiger partial charge in [0.15, 0.2) is 6.29 Å². The SMILES string of the molecule is Cc1cccc2c1=CC(C)(C=O)N=2. The van der Waals surface area contributed by atoms with Crippen LogP contribution >= 0.6 is 0 Å². The Hall–Kier alpha value is -1.44. The van der Waals surface area contributed by atoms with Gasteiger partial charge in [-0.15, -0.1) is 0 Å². The molecule has 1 unspecified atom stereocenters. The summed E-state index contributed by atoms with van der Waals surface area (Å²) in [4.78, 5) is 15.1. The molecule has 1 aliphatic rings. The van der Waals surface area contributed by atoms with Gasteiger partial charge in [0.05, 0.1) is 5.36 Å². The van der Waals surface area contributed by atoms with E-state index < -0.39 is 5.54 Å². The molecule has 0 aliphatic carbocycles. The van der Waals surface area contributed by atoms with Crippen LogP contribution in [0, 0.1) is 6.92 Å². The average molecular weight is 173 g/mol. The number of hydrogen-bond donors (Lipinski definition) is 0. The highest BCUT2D eigenvalue weighted by atomic mass is 16.1. The van der Waals surface area contributed by atoms with Gasteiger partial charge in [-0.1, -0.05) is 12.1 Å². The second-order valence-corrected chi connectivity index (χ2v) is 3.61. The minimum atomic E-state index is -0.644. The van der Waals surface area contributed by atoms with Crippen molar-refractivity contribution in [2.75, 3.05) is 0 Å². The Kier molecular flexibility index (Phi) is 1.59. The van der Waals surface area contributed by atoms with Crippen molar-refractivity contribution in [3.05, 3.63) is 34.3 Å². The molecule has 0 saturated carbocycles. The zero-order valence-electron chi connectivity index (χ0n) is 7.74. The van der Waals surface area contributed by atoms with E-state index in [-0.39, 0.29) is 0 Å². The normalized spacial score (nSPS) is 24.5. The third-order valence-electron chi connectivity index (χ3n) is 2.34. The first-order chi connectivity index (χ1) is 6.14. The van der Waals surface area contributed by atoms with Crippen LogP contribution in [0.4, 0.5) is 0 Å². The Morgan fingerprint density at radius 3 is 2.85 bits per heavy atom. The predicted molar refractivity (Wildman–Crippen MR) is 50.9 cm³/mol. The lowest BCUT2D eigenvalue weighted by molar-refractivity contribution is -0.110. The molecule has 1 heterocycles. The molecule has 0 bridgehead atoms. The predicted octanol–water partition coefficient (Wildman–Crippen LogP) is 0.366. The first kappa shape index (κ1) is 8.17. The smallest absolute Gasteiger partial charge is 0.151 e. The van der Waals surface area contributed by atoms with Gasteiger partial charge in [-0.05, 0) is 31.6 Å². The van der Waals surface area contributed by atoms with E-state index >= 15 is 0 Å². The van der Waals surface area contributed by atoms with E-state index in [1.165, 1.54) is 5.56 Å². The van der Waals surface area contributed by atoms with Crippen LogP contribution in [0.15, 0.2) is 23.2 Å². The number of carbonyl (C=O) groups excluding carboxylic acids is 1. The molecule has 1 aromatic carbocycles. The van der Waals surface area contributed by atoms with Gasteiger partial charge in [0.1, 0.15) is 5.54 Å². The highest BCUT2D eigenvalue weighted by Gasteiger charge is 2.22. The molecule has 0 spiro atoms. The maximum atomic E-state index is 10.8. The number of aldehydes is 1. The molecule has 0 fully saturated rings. The van der Waals surface area contributed by atoms with Crippen LogP contribution in [0.25, 0.3) is 6.08 Å². The summed E-state index contributed by atoms with van der Waals surface area (Å²) >= 11 is 0. The molecule has 0 N–H and O–H groups in total. The number of hydrogen-bond acceptors (Lipinski definition) is 2. The van der Waals surface area contributed by atoms with Crippen molar-refractivity contribution in [3.63, 3.8) is 0 Å². The van der Waals surface area contributed by atoms with Gasteiger partial charge in [0, 0.05) is 5.22 Å². The molecular weight excluding hydrogens is 162 g/mol. The van der Waals surface area contributed by atoms with Crippen molar-refractivity contribution in [1.82, 2.24) is 0 Å². The summed E-state index contributed by atoms with van der Waals surface area (Å²) in [5.41, 5.74) is 0.529. The summed E-state index contributed by atoms with van der Waals surface area (Å²) in [6.45, 7) is 3.85. The van der Waals surface area contributed by atoms with Gasteiger partial charge in [-0.2, -0.15) is 0 Å². The third kappa shape index (κ3) is 1.18. The quantitative estimate of drug-likeness (QED) is 0.564. The molecule has 13 heavy (non-hydrogen) atoms. The molecule has 2 heteroatoms. The largest absolute Gasteiger partial charge is 0.300 e. The minimum Gasteiger partial charge on any atom is -0.300 e. The molecule has 1 atom stereocenters. The Bertz CT molecular complexity index is 475. The third-order valence-corrected chi connectivity index (χ3v) is 2.34. The van der Waals surface area contributed by atoms with Crippen LogP contribution in [0.2, 0.25) is 0 Å². The summed E-state index contributed by atoms with van der Waals surface area (Å²) in [7, 11) is 0. The van der Waals surface area contributed by atoms with Crippen molar-refractivity contribution in [2.24, 2.45) is 4.99 Å². The van der Waals surface area contributed by atoms with Crippen LogP contribution in [0.1, 0.15) is 12.5 Å². The molecule has 2 rings (SSSR count). The van der Waals surface area contributed by atoms with Gasteiger partial charge in [0.25, 0.3) is 0 Å². The maximum Gasteiger partial charge on any atom is 0.151 e. The van der Waals surface area contributed by atoms with E-state index in [1.54, 1.807) is 0 Å². The van der Waals surface area contributed by atoms with Crippen molar-refractivity contribution in [3.8, 4) is 0 Å². The van der Waals surface area contributed by atoms with Gasteiger partial charge in [-0.25, -0.2) is 0 Å². The van der Waals surface area contributed by atoms with Crippen LogP contribution in [-0.4, -0.2) is 11.8 Å². The Morgan fingerprint density at radius 2 is 2.23 bits per heavy atom. The van der Waals surface area contributed by atoms with Gasteiger partial charge >= 0.3 is 0 Å². The van der Waals surface area contributed by atoms with Crippen molar-refractivity contribution >= 4 is 12.4 Å². The first-order valence-corrected chi connectivity index (χ1v) is 4.29. The lowest BCUT2D eigenvalue weighted by Crippen LogP contribution is -2.23. The van der Waals surface area contributed by atoms with E-state index in [4.69, 9.17) is 0 Å². The molecule has 1 aliphatic heterocycles. The lowest BCUT2D eigenvalue weighted by Gasteiger charge is -2.06. The number of nitrogens with zero attached hydrogens (tertiary/aromatic N) is 1. The van der Waals surface area contributed by atoms with E-state index in [0.717, 1.165) is 16.9 Å². The maximum absolute atomic E-state index is 10.8. The number of benzene rings is 1. The average Bonchev–Trinajstić information content (AvgIpc) is 2.45. The van der Waals surface area contributed by atoms with E-state index in [2.05, 4.69) is 4.99 Å². The van der Waals surface area contributed by atoms with Crippen molar-refractivity contribution in [2.45, 2.75) is 19.4 Å². The first-order valence-electron chi connectivity index (χ1n) is 4.29. The molecule has 0 amide bonds. The zero-order chi connectivity index (χ0) is 9.47. The summed E-state index contributed by atoms with van der Waals surface area (Å²) < 4.78 is 0. The Balaban J connectivity index is 2.81. The summed E-state index contributed by atoms with van der Waals surface area (Å²) in [6, 6.07) is 5.93. The van der Waals surface area contributed by atoms with Gasteiger partial charge in [-0.3, -0.25) is 4.99 Å². The number of fused-ring (bicyclic) bond motifs is 1. The second kappa shape index (κ2) is 2.52. The highest BCUT2D eigenvalue weighted by Crippen LogP contribution is 2.10. The summed E-state index contributed by atoms with van der Waals surface area (Å²) in [5.74, 6) is 0. The molecule has 66 valence electrons. The van der Waals surface area contributed by atoms with Crippen LogP contribution < -0.4 is 10.6 Å².